The smallest absolute Gasteiger partial charge is 0.338 e. The topological polar surface area (TPSA) is 79.1 Å². The van der Waals surface area contributed by atoms with E-state index in [1.807, 2.05) is 55.5 Å². The van der Waals surface area contributed by atoms with Crippen LogP contribution in [-0.4, -0.2) is 24.4 Å². The molecule has 0 radical (unpaired) electrons. The Hall–Kier alpha value is -3.65. The first-order valence-electron chi connectivity index (χ1n) is 10.2. The lowest BCUT2D eigenvalue weighted by atomic mass is 9.95. The number of hydrogen-bond donors (Lipinski definition) is 0. The Kier molecular flexibility index (Phi) is 5.14. The average molecular weight is 449 g/mol. The Morgan fingerprint density at radius 1 is 1.22 bits per heavy atom. The van der Waals surface area contributed by atoms with E-state index in [0.29, 0.717) is 38.5 Å². The summed E-state index contributed by atoms with van der Waals surface area (Å²) in [5, 5.41) is 0. The van der Waals surface area contributed by atoms with Gasteiger partial charge < -0.3 is 14.2 Å². The van der Waals surface area contributed by atoms with Crippen LogP contribution in [0.3, 0.4) is 0 Å². The molecular formula is C24H20N2O5S. The number of carbonyl (C=O) groups excluding carboxylic acids is 1. The number of aromatic nitrogens is 1. The van der Waals surface area contributed by atoms with Gasteiger partial charge in [-0.1, -0.05) is 54.7 Å². The lowest BCUT2D eigenvalue weighted by Gasteiger charge is -2.25. The molecule has 0 amide bonds. The second-order valence-electron chi connectivity index (χ2n) is 7.31. The molecule has 2 aliphatic heterocycles. The van der Waals surface area contributed by atoms with Gasteiger partial charge in [-0.05, 0) is 35.8 Å². The van der Waals surface area contributed by atoms with E-state index in [1.54, 1.807) is 10.6 Å². The fraction of sp³-hybridized carbons (Fsp3) is 0.208. The summed E-state index contributed by atoms with van der Waals surface area (Å²) < 4.78 is 18.0. The highest BCUT2D eigenvalue weighted by atomic mass is 32.1. The number of ether oxygens (including phenoxy) is 3. The SMILES string of the molecule is CCC1=C(C(=O)OC)[C@H](c2ccccc2)n2c(s/c(=C\c3ccc4c(c3)OCO4)c2=O)=N1. The molecule has 0 aliphatic carbocycles. The third-order valence-corrected chi connectivity index (χ3v) is 6.44. The minimum Gasteiger partial charge on any atom is -0.466 e. The zero-order valence-electron chi connectivity index (χ0n) is 17.5. The number of allylic oxidation sites excluding steroid dienone is 1. The van der Waals surface area contributed by atoms with E-state index in [1.165, 1.54) is 18.4 Å². The molecule has 1 atom stereocenters. The summed E-state index contributed by atoms with van der Waals surface area (Å²) in [5.74, 6) is 0.849. The van der Waals surface area contributed by atoms with Crippen LogP contribution in [0.15, 0.2) is 69.6 Å². The molecule has 3 aromatic rings. The average Bonchev–Trinajstić information content (AvgIpc) is 3.42. The zero-order valence-corrected chi connectivity index (χ0v) is 18.3. The lowest BCUT2D eigenvalue weighted by molar-refractivity contribution is -0.136. The van der Waals surface area contributed by atoms with Crippen molar-refractivity contribution in [2.45, 2.75) is 19.4 Å². The zero-order chi connectivity index (χ0) is 22.2. The number of nitrogens with zero attached hydrogens (tertiary/aromatic N) is 2. The van der Waals surface area contributed by atoms with E-state index in [9.17, 15) is 9.59 Å². The lowest BCUT2D eigenvalue weighted by Crippen LogP contribution is -2.40. The van der Waals surface area contributed by atoms with Crippen LogP contribution < -0.4 is 24.4 Å². The third kappa shape index (κ3) is 3.33. The second kappa shape index (κ2) is 8.12. The molecule has 5 rings (SSSR count). The van der Waals surface area contributed by atoms with Crippen LogP contribution in [0.25, 0.3) is 6.08 Å². The van der Waals surface area contributed by atoms with Gasteiger partial charge in [-0.25, -0.2) is 9.79 Å². The van der Waals surface area contributed by atoms with Gasteiger partial charge in [0, 0.05) is 0 Å². The fourth-order valence-corrected chi connectivity index (χ4v) is 4.99. The predicted molar refractivity (Wildman–Crippen MR) is 119 cm³/mol. The summed E-state index contributed by atoms with van der Waals surface area (Å²) in [6.45, 7) is 2.12. The maximum Gasteiger partial charge on any atom is 0.338 e. The first-order chi connectivity index (χ1) is 15.6. The summed E-state index contributed by atoms with van der Waals surface area (Å²) in [7, 11) is 1.34. The van der Waals surface area contributed by atoms with Crippen molar-refractivity contribution in [3.63, 3.8) is 0 Å². The highest BCUT2D eigenvalue weighted by Gasteiger charge is 2.33. The molecule has 0 unspecified atom stereocenters. The van der Waals surface area contributed by atoms with Crippen LogP contribution in [0.2, 0.25) is 0 Å². The van der Waals surface area contributed by atoms with E-state index in [2.05, 4.69) is 4.99 Å². The van der Waals surface area contributed by atoms with Gasteiger partial charge >= 0.3 is 5.97 Å². The molecular weight excluding hydrogens is 428 g/mol. The van der Waals surface area contributed by atoms with Gasteiger partial charge in [0.05, 0.1) is 29.0 Å². The van der Waals surface area contributed by atoms with Crippen LogP contribution >= 0.6 is 11.3 Å². The molecule has 0 N–H and O–H groups in total. The maximum atomic E-state index is 13.5. The Labute approximate surface area is 187 Å². The molecule has 7 nitrogen and oxygen atoms in total. The Morgan fingerprint density at radius 2 is 2.00 bits per heavy atom. The standard InChI is InChI=1S/C24H20N2O5S/c1-3-16-20(23(28)29-2)21(15-7-5-4-6-8-15)26-22(27)19(32-24(26)25-16)12-14-9-10-17-18(11-14)31-13-30-17/h4-12,21H,3,13H2,1-2H3/b19-12-/t21-/m0/s1. The van der Waals surface area contributed by atoms with Crippen molar-refractivity contribution in [2.24, 2.45) is 4.99 Å². The Bertz CT molecular complexity index is 1420. The van der Waals surface area contributed by atoms with Crippen LogP contribution in [0.4, 0.5) is 0 Å². The number of thiazole rings is 1. The summed E-state index contributed by atoms with van der Waals surface area (Å²) >= 11 is 1.30. The fourth-order valence-electron chi connectivity index (χ4n) is 3.97. The van der Waals surface area contributed by atoms with Gasteiger partial charge in [0.15, 0.2) is 16.3 Å². The Morgan fingerprint density at radius 3 is 2.75 bits per heavy atom. The van der Waals surface area contributed by atoms with E-state index < -0.39 is 12.0 Å². The quantitative estimate of drug-likeness (QED) is 0.573. The number of carbonyl (C=O) groups is 1. The van der Waals surface area contributed by atoms with Crippen LogP contribution in [0.1, 0.15) is 30.5 Å². The summed E-state index contributed by atoms with van der Waals surface area (Å²) in [4.78, 5) is 31.5. The van der Waals surface area contributed by atoms with E-state index in [4.69, 9.17) is 14.2 Å². The first kappa shape index (κ1) is 20.3. The molecule has 8 heteroatoms. The van der Waals surface area contributed by atoms with Crippen molar-refractivity contribution < 1.29 is 19.0 Å². The minimum atomic E-state index is -0.603. The molecule has 2 aromatic carbocycles. The van der Waals surface area contributed by atoms with Crippen molar-refractivity contribution >= 4 is 23.4 Å². The van der Waals surface area contributed by atoms with Gasteiger partial charge in [-0.2, -0.15) is 0 Å². The monoisotopic (exact) mass is 448 g/mol. The number of methoxy groups -OCH3 is 1. The van der Waals surface area contributed by atoms with Gasteiger partial charge in [-0.3, -0.25) is 9.36 Å². The molecule has 0 spiro atoms. The molecule has 32 heavy (non-hydrogen) atoms. The Balaban J connectivity index is 1.73. The van der Waals surface area contributed by atoms with Crippen molar-refractivity contribution in [3.05, 3.63) is 90.6 Å². The van der Waals surface area contributed by atoms with Crippen molar-refractivity contribution in [3.8, 4) is 11.5 Å². The van der Waals surface area contributed by atoms with E-state index in [0.717, 1.165) is 11.1 Å². The predicted octanol–water partition coefficient (Wildman–Crippen LogP) is 2.53. The number of fused-ring (bicyclic) bond motifs is 2. The summed E-state index contributed by atoms with van der Waals surface area (Å²) in [6.07, 6.45) is 2.35. The van der Waals surface area contributed by atoms with Crippen LogP contribution in [0, 0.1) is 0 Å². The molecule has 0 saturated carbocycles. The number of esters is 1. The first-order valence-corrected chi connectivity index (χ1v) is 11.0. The van der Waals surface area contributed by atoms with E-state index in [-0.39, 0.29) is 12.4 Å². The highest BCUT2D eigenvalue weighted by Crippen LogP contribution is 2.33. The van der Waals surface area contributed by atoms with Crippen LogP contribution in [0.5, 0.6) is 11.5 Å². The molecule has 0 bridgehead atoms. The molecule has 1 aromatic heterocycles. The van der Waals surface area contributed by atoms with Gasteiger partial charge in [0.1, 0.15) is 0 Å². The molecule has 3 heterocycles. The van der Waals surface area contributed by atoms with E-state index >= 15 is 0 Å². The van der Waals surface area contributed by atoms with Gasteiger partial charge in [-0.15, -0.1) is 0 Å². The summed E-state index contributed by atoms with van der Waals surface area (Å²) in [6, 6.07) is 14.4. The molecule has 0 saturated heterocycles. The molecule has 162 valence electrons. The minimum absolute atomic E-state index is 0.189. The highest BCUT2D eigenvalue weighted by molar-refractivity contribution is 7.07. The third-order valence-electron chi connectivity index (χ3n) is 5.46. The van der Waals surface area contributed by atoms with Crippen molar-refractivity contribution in [1.29, 1.82) is 0 Å². The van der Waals surface area contributed by atoms with Crippen LogP contribution in [-0.2, 0) is 9.53 Å². The number of rotatable bonds is 4. The second-order valence-corrected chi connectivity index (χ2v) is 8.32. The number of hydrogen-bond acceptors (Lipinski definition) is 7. The van der Waals surface area contributed by atoms with Crippen molar-refractivity contribution in [1.82, 2.24) is 4.57 Å². The molecule has 0 fully saturated rings. The largest absolute Gasteiger partial charge is 0.466 e. The van der Waals surface area contributed by atoms with Gasteiger partial charge in [0.2, 0.25) is 6.79 Å². The number of benzene rings is 2. The summed E-state index contributed by atoms with van der Waals surface area (Å²) in [5.41, 5.74) is 2.45. The molecule has 2 aliphatic rings. The normalized spacial score (nSPS) is 17.2. The van der Waals surface area contributed by atoms with Gasteiger partial charge in [0.25, 0.3) is 5.56 Å². The van der Waals surface area contributed by atoms with Crippen molar-refractivity contribution in [2.75, 3.05) is 13.9 Å². The maximum absolute atomic E-state index is 13.5.